The van der Waals surface area contributed by atoms with Crippen LogP contribution in [0.3, 0.4) is 0 Å². The average Bonchev–Trinajstić information content (AvgIpc) is 3.50. The minimum atomic E-state index is -0.601. The topological polar surface area (TPSA) is 57.8 Å². The smallest absolute Gasteiger partial charge is 0.312 e. The number of esters is 1. The highest BCUT2D eigenvalue weighted by atomic mass is 19.1. The van der Waals surface area contributed by atoms with Crippen molar-refractivity contribution in [3.63, 3.8) is 0 Å². The zero-order valence-corrected chi connectivity index (χ0v) is 23.0. The second-order valence-corrected chi connectivity index (χ2v) is 12.7. The summed E-state index contributed by atoms with van der Waals surface area (Å²) in [7, 11) is 1.46. The number of hydrogen-bond donors (Lipinski definition) is 1. The molecule has 3 saturated carbocycles. The van der Waals surface area contributed by atoms with E-state index in [2.05, 4.69) is 39.9 Å². The van der Waals surface area contributed by atoms with Crippen molar-refractivity contribution in [3.8, 4) is 5.75 Å². The van der Waals surface area contributed by atoms with E-state index in [1.54, 1.807) is 0 Å². The third-order valence-corrected chi connectivity index (χ3v) is 10.7. The molecule has 6 nitrogen and oxygen atoms in total. The van der Waals surface area contributed by atoms with Crippen molar-refractivity contribution in [2.75, 3.05) is 33.4 Å². The number of methoxy groups -OCH3 is 1. The molecule has 1 saturated heterocycles. The minimum Gasteiger partial charge on any atom is -0.489 e. The van der Waals surface area contributed by atoms with Gasteiger partial charge in [-0.3, -0.25) is 19.0 Å². The van der Waals surface area contributed by atoms with Crippen molar-refractivity contribution in [2.24, 2.45) is 5.41 Å². The number of halogens is 2. The van der Waals surface area contributed by atoms with Gasteiger partial charge < -0.3 is 14.5 Å². The lowest BCUT2D eigenvalue weighted by atomic mass is 9.29. The first-order valence-corrected chi connectivity index (χ1v) is 14.6. The van der Waals surface area contributed by atoms with Crippen LogP contribution < -0.4 is 4.74 Å². The monoisotopic (exact) mass is 547 g/mol. The van der Waals surface area contributed by atoms with Crippen LogP contribution in [0.25, 0.3) is 10.9 Å². The lowest BCUT2D eigenvalue weighted by molar-refractivity contribution is -0.273. The summed E-state index contributed by atoms with van der Waals surface area (Å²) in [6.45, 7) is 4.20. The number of hydrogen-bond acceptors (Lipinski definition) is 5. The van der Waals surface area contributed by atoms with Crippen molar-refractivity contribution in [3.05, 3.63) is 64.6 Å². The van der Waals surface area contributed by atoms with E-state index in [1.807, 2.05) is 12.1 Å². The normalized spacial score (nSPS) is 33.8. The highest BCUT2D eigenvalue weighted by Gasteiger charge is 2.84. The van der Waals surface area contributed by atoms with E-state index in [0.717, 1.165) is 49.0 Å². The summed E-state index contributed by atoms with van der Waals surface area (Å²) in [6.07, 6.45) is 3.65. The molecule has 3 aromatic rings. The number of carbonyl (C=O) groups excluding carboxylic acids is 1. The number of likely N-dealkylation sites (tertiary alicyclic amines) is 1. The van der Waals surface area contributed by atoms with Gasteiger partial charge in [0.05, 0.1) is 25.2 Å². The van der Waals surface area contributed by atoms with Gasteiger partial charge >= 0.3 is 5.97 Å². The van der Waals surface area contributed by atoms with Crippen LogP contribution in [0.1, 0.15) is 67.0 Å². The van der Waals surface area contributed by atoms with Crippen molar-refractivity contribution in [2.45, 2.75) is 68.7 Å². The number of nitrogens with zero attached hydrogens (tertiary/aromatic N) is 2. The van der Waals surface area contributed by atoms with E-state index >= 15 is 4.39 Å². The van der Waals surface area contributed by atoms with E-state index in [1.165, 1.54) is 24.1 Å². The molecule has 3 aliphatic carbocycles. The molecule has 1 N–H and O–H groups in total. The fourth-order valence-electron chi connectivity index (χ4n) is 9.31. The van der Waals surface area contributed by atoms with Crippen LogP contribution in [0.4, 0.5) is 8.78 Å². The van der Waals surface area contributed by atoms with E-state index in [-0.39, 0.29) is 48.1 Å². The molecule has 2 aromatic carbocycles. The summed E-state index contributed by atoms with van der Waals surface area (Å²) in [5.41, 5.74) is 4.18. The number of nitrogens with one attached hydrogen (secondary N) is 1. The van der Waals surface area contributed by atoms with Crippen molar-refractivity contribution in [1.29, 1.82) is 0 Å². The molecular formula is C32H35F2N3O3. The van der Waals surface area contributed by atoms with Gasteiger partial charge in [-0.2, -0.15) is 0 Å². The fourth-order valence-corrected chi connectivity index (χ4v) is 9.31. The quantitative estimate of drug-likeness (QED) is 0.427. The first kappa shape index (κ1) is 24.8. The SMILES string of the molecule is COC(=O)C12CC3(C1)C2c1cc(OC2CCN(CCCF)C2)cc(F)c1[C@@H]1c2[nH]c4ccccc4c2C[C@@H](C)N13. The Bertz CT molecular complexity index is 1530. The van der Waals surface area contributed by atoms with Gasteiger partial charge in [0, 0.05) is 65.4 Å². The van der Waals surface area contributed by atoms with Crippen LogP contribution in [0, 0.1) is 11.2 Å². The van der Waals surface area contributed by atoms with Gasteiger partial charge in [0.1, 0.15) is 17.7 Å². The molecule has 9 rings (SSSR count). The van der Waals surface area contributed by atoms with Crippen molar-refractivity contribution < 1.29 is 23.0 Å². The lowest BCUT2D eigenvalue weighted by Crippen LogP contribution is -2.85. The fraction of sp³-hybridized carbons (Fsp3) is 0.531. The average molecular weight is 548 g/mol. The highest BCUT2D eigenvalue weighted by Crippen LogP contribution is 2.82. The number of rotatable bonds is 6. The zero-order chi connectivity index (χ0) is 27.4. The van der Waals surface area contributed by atoms with Crippen LogP contribution in [-0.4, -0.2) is 71.9 Å². The molecule has 3 aliphatic heterocycles. The number of fused-ring (bicyclic) bond motifs is 7. The Morgan fingerprint density at radius 1 is 1.23 bits per heavy atom. The first-order valence-electron chi connectivity index (χ1n) is 14.6. The van der Waals surface area contributed by atoms with E-state index in [9.17, 15) is 9.18 Å². The molecular weight excluding hydrogens is 512 g/mol. The summed E-state index contributed by atoms with van der Waals surface area (Å²) in [6, 6.07) is 11.8. The van der Waals surface area contributed by atoms with Crippen LogP contribution >= 0.6 is 0 Å². The highest BCUT2D eigenvalue weighted by molar-refractivity contribution is 5.88. The molecule has 1 spiro atoms. The molecule has 4 atom stereocenters. The Kier molecular flexibility index (Phi) is 5.28. The summed E-state index contributed by atoms with van der Waals surface area (Å²) in [4.78, 5) is 21.5. The molecule has 2 unspecified atom stereocenters. The first-order chi connectivity index (χ1) is 19.4. The molecule has 6 aliphatic rings. The number of carbonyl (C=O) groups is 1. The Morgan fingerprint density at radius 3 is 2.85 bits per heavy atom. The molecule has 2 bridgehead atoms. The maximum absolute atomic E-state index is 16.5. The van der Waals surface area contributed by atoms with E-state index in [4.69, 9.17) is 9.47 Å². The predicted octanol–water partition coefficient (Wildman–Crippen LogP) is 5.26. The minimum absolute atomic E-state index is 0.0633. The molecule has 4 heterocycles. The van der Waals surface area contributed by atoms with Gasteiger partial charge in [0.2, 0.25) is 0 Å². The number of H-pyrrole nitrogens is 1. The number of benzene rings is 2. The van der Waals surface area contributed by atoms with Crippen LogP contribution in [-0.2, 0) is 16.0 Å². The maximum Gasteiger partial charge on any atom is 0.312 e. The van der Waals surface area contributed by atoms with Crippen molar-refractivity contribution >= 4 is 16.9 Å². The predicted molar refractivity (Wildman–Crippen MR) is 147 cm³/mol. The van der Waals surface area contributed by atoms with Gasteiger partial charge in [-0.1, -0.05) is 18.2 Å². The molecule has 0 amide bonds. The summed E-state index contributed by atoms with van der Waals surface area (Å²) in [5, 5.41) is 1.20. The molecule has 8 heteroatoms. The molecule has 40 heavy (non-hydrogen) atoms. The Hall–Kier alpha value is -2.97. The maximum atomic E-state index is 16.5. The largest absolute Gasteiger partial charge is 0.489 e. The van der Waals surface area contributed by atoms with E-state index in [0.29, 0.717) is 30.8 Å². The van der Waals surface area contributed by atoms with Gasteiger partial charge in [-0.25, -0.2) is 4.39 Å². The van der Waals surface area contributed by atoms with Gasteiger partial charge in [-0.15, -0.1) is 0 Å². The number of aromatic amines is 1. The lowest BCUT2D eigenvalue weighted by Gasteiger charge is -2.81. The van der Waals surface area contributed by atoms with Gasteiger partial charge in [0.15, 0.2) is 0 Å². The summed E-state index contributed by atoms with van der Waals surface area (Å²) in [5.74, 6) is -0.0700. The number of aromatic nitrogens is 1. The Morgan fingerprint density at radius 2 is 2.05 bits per heavy atom. The number of para-hydroxylation sites is 1. The second-order valence-electron chi connectivity index (χ2n) is 12.7. The van der Waals surface area contributed by atoms with Crippen molar-refractivity contribution in [1.82, 2.24) is 14.8 Å². The Balaban J connectivity index is 1.24. The third kappa shape index (κ3) is 3.07. The molecule has 0 radical (unpaired) electrons. The van der Waals surface area contributed by atoms with Gasteiger partial charge in [0.25, 0.3) is 0 Å². The van der Waals surface area contributed by atoms with E-state index < -0.39 is 5.41 Å². The van der Waals surface area contributed by atoms with Crippen LogP contribution in [0.2, 0.25) is 0 Å². The van der Waals surface area contributed by atoms with Gasteiger partial charge in [-0.05, 0) is 62.3 Å². The molecule has 4 fully saturated rings. The Labute approximate surface area is 232 Å². The number of ether oxygens (including phenoxy) is 2. The molecule has 1 aromatic heterocycles. The number of alkyl halides is 1. The second kappa shape index (κ2) is 8.52. The summed E-state index contributed by atoms with van der Waals surface area (Å²) >= 11 is 0. The standard InChI is InChI=1S/C32H35F2N3O3/c1-18-12-22-21-6-3-4-7-25(21)35-27(22)28-26-23(29-31(30(38)39-2)16-32(29,17-31)37(18)28)13-20(14-24(26)34)40-19-8-11-36(15-19)10-5-9-33/h3-4,6-7,13-14,18-19,28-29,35H,5,8-12,15-17H2,1-2H3/t18-,19?,28-,29?,31?,32?/m1/s1. The zero-order valence-electron chi connectivity index (χ0n) is 23.0. The summed E-state index contributed by atoms with van der Waals surface area (Å²) < 4.78 is 40.8. The third-order valence-electron chi connectivity index (χ3n) is 10.7. The van der Waals surface area contributed by atoms with Crippen LogP contribution in [0.15, 0.2) is 36.4 Å². The molecule has 210 valence electrons. The van der Waals surface area contributed by atoms with Crippen LogP contribution in [0.5, 0.6) is 5.75 Å².